The highest BCUT2D eigenvalue weighted by Gasteiger charge is 2.12. The molecule has 0 fully saturated rings. The van der Waals surface area contributed by atoms with Crippen molar-refractivity contribution in [2.24, 2.45) is 0 Å². The van der Waals surface area contributed by atoms with E-state index in [2.05, 4.69) is 48.5 Å². The van der Waals surface area contributed by atoms with Gasteiger partial charge in [-0.1, -0.05) is 48.5 Å². The molecule has 0 saturated heterocycles. The zero-order valence-corrected chi connectivity index (χ0v) is 8.03. The van der Waals surface area contributed by atoms with Crippen LogP contribution in [0.1, 0.15) is 11.1 Å². The molecule has 1 aliphatic carbocycles. The van der Waals surface area contributed by atoms with Gasteiger partial charge in [0, 0.05) is 0 Å². The van der Waals surface area contributed by atoms with Gasteiger partial charge in [0.2, 0.25) is 0 Å². The Hall–Kier alpha value is -1.56. The molecule has 0 aliphatic heterocycles. The highest BCUT2D eigenvalue weighted by Crippen LogP contribution is 2.28. The molecule has 0 saturated carbocycles. The first kappa shape index (κ1) is 7.81. The molecule has 0 unspecified atom stereocenters. The first-order valence-corrected chi connectivity index (χ1v) is 5.11. The molecule has 0 nitrogen and oxygen atoms in total. The normalized spacial score (nSPS) is 13.1. The third-order valence-electron chi connectivity index (χ3n) is 2.98. The Labute approximate surface area is 84.2 Å². The molecular weight excluding hydrogens is 168 g/mol. The van der Waals surface area contributed by atoms with Crippen molar-refractivity contribution in [2.75, 3.05) is 0 Å². The molecule has 0 aromatic heterocycles. The number of benzene rings is 2. The quantitative estimate of drug-likeness (QED) is 0.630. The molecule has 68 valence electrons. The van der Waals surface area contributed by atoms with Crippen LogP contribution in [0.4, 0.5) is 0 Å². The highest BCUT2D eigenvalue weighted by molar-refractivity contribution is 5.65. The largest absolute Gasteiger partial charge is 0.0622 e. The summed E-state index contributed by atoms with van der Waals surface area (Å²) in [6, 6.07) is 17.4. The first-order valence-electron chi connectivity index (χ1n) is 5.11. The summed E-state index contributed by atoms with van der Waals surface area (Å²) >= 11 is 0. The molecule has 0 heterocycles. The SMILES string of the molecule is c1ccc(-c2ccc3c(c2)CC3)cc1. The van der Waals surface area contributed by atoms with Gasteiger partial charge in [0.15, 0.2) is 0 Å². The van der Waals surface area contributed by atoms with Gasteiger partial charge in [0.25, 0.3) is 0 Å². The van der Waals surface area contributed by atoms with Crippen LogP contribution in [0.2, 0.25) is 0 Å². The number of hydrogen-bond donors (Lipinski definition) is 0. The zero-order chi connectivity index (χ0) is 9.38. The fourth-order valence-electron chi connectivity index (χ4n) is 2.01. The number of rotatable bonds is 1. The Morgan fingerprint density at radius 3 is 2.07 bits per heavy atom. The van der Waals surface area contributed by atoms with E-state index >= 15 is 0 Å². The van der Waals surface area contributed by atoms with Crippen molar-refractivity contribution in [1.82, 2.24) is 0 Å². The summed E-state index contributed by atoms with van der Waals surface area (Å²) in [5.41, 5.74) is 5.74. The average Bonchev–Trinajstić information content (AvgIpc) is 2.21. The Balaban J connectivity index is 2.09. The lowest BCUT2D eigenvalue weighted by molar-refractivity contribution is 0.840. The molecule has 0 spiro atoms. The minimum Gasteiger partial charge on any atom is -0.0622 e. The molecule has 0 radical (unpaired) electrons. The van der Waals surface area contributed by atoms with Crippen molar-refractivity contribution < 1.29 is 0 Å². The van der Waals surface area contributed by atoms with E-state index in [0.717, 1.165) is 0 Å². The molecule has 14 heavy (non-hydrogen) atoms. The van der Waals surface area contributed by atoms with Gasteiger partial charge in [-0.2, -0.15) is 0 Å². The van der Waals surface area contributed by atoms with Crippen LogP contribution in [0.15, 0.2) is 48.5 Å². The summed E-state index contributed by atoms with van der Waals surface area (Å²) in [6.45, 7) is 0. The summed E-state index contributed by atoms with van der Waals surface area (Å²) in [5.74, 6) is 0. The van der Waals surface area contributed by atoms with Crippen LogP contribution < -0.4 is 0 Å². The van der Waals surface area contributed by atoms with Crippen LogP contribution in [0, 0.1) is 0 Å². The third kappa shape index (κ3) is 1.15. The maximum Gasteiger partial charge on any atom is -0.0181 e. The Bertz CT molecular complexity index is 455. The molecule has 0 bridgehead atoms. The van der Waals surface area contributed by atoms with Crippen LogP contribution in [0.25, 0.3) is 11.1 Å². The first-order chi connectivity index (χ1) is 6.93. The standard InChI is InChI=1S/C14H12/c1-2-4-11(5-3-1)13-8-6-12-7-9-14(12)10-13/h1-6,8,10H,7,9H2. The molecule has 2 aromatic rings. The van der Waals surface area contributed by atoms with E-state index in [1.807, 2.05) is 0 Å². The fraction of sp³-hybridized carbons (Fsp3) is 0.143. The number of aryl methyl sites for hydroxylation is 2. The van der Waals surface area contributed by atoms with Gasteiger partial charge < -0.3 is 0 Å². The number of hydrogen-bond acceptors (Lipinski definition) is 0. The van der Waals surface area contributed by atoms with E-state index < -0.39 is 0 Å². The summed E-state index contributed by atoms with van der Waals surface area (Å²) in [7, 11) is 0. The predicted molar refractivity (Wildman–Crippen MR) is 59.3 cm³/mol. The van der Waals surface area contributed by atoms with E-state index in [0.29, 0.717) is 0 Å². The van der Waals surface area contributed by atoms with Crippen LogP contribution in [0.3, 0.4) is 0 Å². The van der Waals surface area contributed by atoms with Crippen molar-refractivity contribution in [2.45, 2.75) is 12.8 Å². The summed E-state index contributed by atoms with van der Waals surface area (Å²) in [4.78, 5) is 0. The van der Waals surface area contributed by atoms with Gasteiger partial charge >= 0.3 is 0 Å². The Morgan fingerprint density at radius 2 is 1.43 bits per heavy atom. The Kier molecular flexibility index (Phi) is 1.66. The monoisotopic (exact) mass is 180 g/mol. The summed E-state index contributed by atoms with van der Waals surface area (Å²) in [5, 5.41) is 0. The van der Waals surface area contributed by atoms with E-state index in [1.54, 1.807) is 0 Å². The third-order valence-corrected chi connectivity index (χ3v) is 2.98. The lowest BCUT2D eigenvalue weighted by Crippen LogP contribution is -2.07. The summed E-state index contributed by atoms with van der Waals surface area (Å²) < 4.78 is 0. The second kappa shape index (κ2) is 2.98. The van der Waals surface area contributed by atoms with Crippen molar-refractivity contribution in [3.05, 3.63) is 59.7 Å². The van der Waals surface area contributed by atoms with E-state index in [1.165, 1.54) is 35.1 Å². The molecule has 0 amide bonds. The Morgan fingerprint density at radius 1 is 0.643 bits per heavy atom. The smallest absolute Gasteiger partial charge is 0.0181 e. The maximum atomic E-state index is 2.33. The lowest BCUT2D eigenvalue weighted by Gasteiger charge is -2.19. The second-order valence-electron chi connectivity index (χ2n) is 3.85. The molecular formula is C14H12. The predicted octanol–water partition coefficient (Wildman–Crippen LogP) is 3.45. The molecule has 3 rings (SSSR count). The van der Waals surface area contributed by atoms with Gasteiger partial charge in [-0.3, -0.25) is 0 Å². The van der Waals surface area contributed by atoms with Crippen molar-refractivity contribution in [3.63, 3.8) is 0 Å². The van der Waals surface area contributed by atoms with E-state index in [4.69, 9.17) is 0 Å². The van der Waals surface area contributed by atoms with Crippen LogP contribution >= 0.6 is 0 Å². The van der Waals surface area contributed by atoms with Crippen LogP contribution in [-0.4, -0.2) is 0 Å². The molecule has 1 aliphatic rings. The van der Waals surface area contributed by atoms with Crippen molar-refractivity contribution in [3.8, 4) is 11.1 Å². The fourth-order valence-corrected chi connectivity index (χ4v) is 2.01. The van der Waals surface area contributed by atoms with Gasteiger partial charge in [-0.05, 0) is 35.1 Å². The maximum absolute atomic E-state index is 2.33. The van der Waals surface area contributed by atoms with E-state index in [9.17, 15) is 0 Å². The lowest BCUT2D eigenvalue weighted by atomic mass is 9.86. The topological polar surface area (TPSA) is 0 Å². The van der Waals surface area contributed by atoms with Gasteiger partial charge in [-0.25, -0.2) is 0 Å². The van der Waals surface area contributed by atoms with Crippen LogP contribution in [-0.2, 0) is 12.8 Å². The second-order valence-corrected chi connectivity index (χ2v) is 3.85. The van der Waals surface area contributed by atoms with Gasteiger partial charge in [0.05, 0.1) is 0 Å². The number of fused-ring (bicyclic) bond motifs is 1. The van der Waals surface area contributed by atoms with Gasteiger partial charge in [0.1, 0.15) is 0 Å². The zero-order valence-electron chi connectivity index (χ0n) is 8.03. The van der Waals surface area contributed by atoms with Crippen molar-refractivity contribution >= 4 is 0 Å². The van der Waals surface area contributed by atoms with Gasteiger partial charge in [-0.15, -0.1) is 0 Å². The van der Waals surface area contributed by atoms with Crippen LogP contribution in [0.5, 0.6) is 0 Å². The molecule has 0 N–H and O–H groups in total. The molecule has 2 aromatic carbocycles. The van der Waals surface area contributed by atoms with E-state index in [-0.39, 0.29) is 0 Å². The summed E-state index contributed by atoms with van der Waals surface area (Å²) in [6.07, 6.45) is 2.53. The molecule has 0 atom stereocenters. The highest BCUT2D eigenvalue weighted by atomic mass is 14.2. The minimum absolute atomic E-state index is 1.26. The van der Waals surface area contributed by atoms with Crippen molar-refractivity contribution in [1.29, 1.82) is 0 Å². The minimum atomic E-state index is 1.26. The average molecular weight is 180 g/mol. The molecule has 0 heteroatoms.